The molecule has 3 nitrogen and oxygen atoms in total. The van der Waals surface area contributed by atoms with Crippen LogP contribution in [0.5, 0.6) is 0 Å². The second kappa shape index (κ2) is 6.03. The van der Waals surface area contributed by atoms with Crippen molar-refractivity contribution in [3.8, 4) is 0 Å². The number of thiazole rings is 1. The summed E-state index contributed by atoms with van der Waals surface area (Å²) < 4.78 is 37.3. The molecule has 0 amide bonds. The number of alkyl halides is 3. The Morgan fingerprint density at radius 1 is 1.33 bits per heavy atom. The second-order valence-corrected chi connectivity index (χ2v) is 5.54. The van der Waals surface area contributed by atoms with E-state index in [1.807, 2.05) is 0 Å². The molecule has 0 aliphatic rings. The molecule has 1 heterocycles. The van der Waals surface area contributed by atoms with Crippen LogP contribution in [0.15, 0.2) is 29.6 Å². The molecular weight excluding hydrogens is 325 g/mol. The third kappa shape index (κ3) is 3.95. The molecular formula is C13H10ClF3N2OS. The van der Waals surface area contributed by atoms with Gasteiger partial charge < -0.3 is 5.32 Å². The monoisotopic (exact) mass is 334 g/mol. The second-order valence-electron chi connectivity index (χ2n) is 4.31. The molecule has 0 saturated carbocycles. The van der Waals surface area contributed by atoms with Gasteiger partial charge in [0.15, 0.2) is 10.8 Å². The van der Waals surface area contributed by atoms with Crippen molar-refractivity contribution in [2.75, 3.05) is 5.32 Å². The van der Waals surface area contributed by atoms with E-state index >= 15 is 0 Å². The number of anilines is 2. The van der Waals surface area contributed by atoms with Crippen molar-refractivity contribution in [3.05, 3.63) is 40.9 Å². The van der Waals surface area contributed by atoms with Crippen LogP contribution in [-0.4, -0.2) is 10.2 Å². The molecule has 1 N–H and O–H groups in total. The number of nitrogens with one attached hydrogen (secondary N) is 1. The SMILES string of the molecule is C[C@@H](C(=O)Cl)c1ccc(Nc2nc(C(F)(F)F)cs2)cc1. The lowest BCUT2D eigenvalue weighted by molar-refractivity contribution is -0.140. The first kappa shape index (κ1) is 15.8. The maximum atomic E-state index is 12.4. The summed E-state index contributed by atoms with van der Waals surface area (Å²) in [6, 6.07) is 6.68. The van der Waals surface area contributed by atoms with Gasteiger partial charge in [-0.05, 0) is 29.3 Å². The van der Waals surface area contributed by atoms with E-state index in [1.54, 1.807) is 31.2 Å². The topological polar surface area (TPSA) is 42.0 Å². The van der Waals surface area contributed by atoms with Crippen molar-refractivity contribution in [2.24, 2.45) is 0 Å². The van der Waals surface area contributed by atoms with Crippen LogP contribution in [0.2, 0.25) is 0 Å². The fraction of sp³-hybridized carbons (Fsp3) is 0.231. The van der Waals surface area contributed by atoms with E-state index in [9.17, 15) is 18.0 Å². The van der Waals surface area contributed by atoms with Crippen LogP contribution in [0.3, 0.4) is 0 Å². The molecule has 1 aromatic carbocycles. The molecule has 2 aromatic rings. The van der Waals surface area contributed by atoms with Gasteiger partial charge in [-0.15, -0.1) is 11.3 Å². The molecule has 2 rings (SSSR count). The van der Waals surface area contributed by atoms with Crippen LogP contribution < -0.4 is 5.32 Å². The highest BCUT2D eigenvalue weighted by Gasteiger charge is 2.33. The Hall–Kier alpha value is -1.60. The maximum absolute atomic E-state index is 12.4. The lowest BCUT2D eigenvalue weighted by Gasteiger charge is -2.08. The van der Waals surface area contributed by atoms with Gasteiger partial charge in [-0.2, -0.15) is 13.2 Å². The van der Waals surface area contributed by atoms with Gasteiger partial charge in [-0.3, -0.25) is 4.79 Å². The molecule has 21 heavy (non-hydrogen) atoms. The Morgan fingerprint density at radius 3 is 2.43 bits per heavy atom. The largest absolute Gasteiger partial charge is 0.434 e. The molecule has 112 valence electrons. The van der Waals surface area contributed by atoms with Gasteiger partial charge in [0.05, 0.1) is 5.92 Å². The Bertz CT molecular complexity index is 640. The van der Waals surface area contributed by atoms with E-state index < -0.39 is 23.0 Å². The van der Waals surface area contributed by atoms with Crippen LogP contribution in [-0.2, 0) is 11.0 Å². The summed E-state index contributed by atoms with van der Waals surface area (Å²) in [6.07, 6.45) is -4.45. The van der Waals surface area contributed by atoms with Crippen molar-refractivity contribution in [1.82, 2.24) is 4.98 Å². The van der Waals surface area contributed by atoms with Crippen LogP contribution in [0.4, 0.5) is 24.0 Å². The van der Waals surface area contributed by atoms with Crippen molar-refractivity contribution in [1.29, 1.82) is 0 Å². The minimum Gasteiger partial charge on any atom is -0.332 e. The third-order valence-electron chi connectivity index (χ3n) is 2.80. The van der Waals surface area contributed by atoms with Crippen molar-refractivity contribution >= 4 is 39.0 Å². The molecule has 0 bridgehead atoms. The summed E-state index contributed by atoms with van der Waals surface area (Å²) in [5.41, 5.74) is 0.389. The number of nitrogens with zero attached hydrogens (tertiary/aromatic N) is 1. The number of aromatic nitrogens is 1. The molecule has 0 aliphatic carbocycles. The van der Waals surface area contributed by atoms with E-state index in [-0.39, 0.29) is 5.13 Å². The van der Waals surface area contributed by atoms with Gasteiger partial charge in [-0.1, -0.05) is 19.1 Å². The summed E-state index contributed by atoms with van der Waals surface area (Å²) in [6.45, 7) is 1.67. The number of rotatable bonds is 4. The summed E-state index contributed by atoms with van der Waals surface area (Å²) in [4.78, 5) is 14.5. The molecule has 0 unspecified atom stereocenters. The smallest absolute Gasteiger partial charge is 0.332 e. The average Bonchev–Trinajstić information content (AvgIpc) is 2.87. The first-order chi connectivity index (χ1) is 9.77. The van der Waals surface area contributed by atoms with E-state index in [1.165, 1.54) is 0 Å². The fourth-order valence-corrected chi connectivity index (χ4v) is 2.43. The Balaban J connectivity index is 2.10. The van der Waals surface area contributed by atoms with Gasteiger partial charge in [0.25, 0.3) is 0 Å². The zero-order valence-corrected chi connectivity index (χ0v) is 12.3. The van der Waals surface area contributed by atoms with Crippen LogP contribution >= 0.6 is 22.9 Å². The Kier molecular flexibility index (Phi) is 4.53. The normalized spacial score (nSPS) is 13.0. The molecule has 8 heteroatoms. The maximum Gasteiger partial charge on any atom is 0.434 e. The predicted octanol–water partition coefficient (Wildman–Crippen LogP) is 4.77. The molecule has 1 atom stereocenters. The summed E-state index contributed by atoms with van der Waals surface area (Å²) >= 11 is 6.28. The zero-order valence-electron chi connectivity index (χ0n) is 10.7. The van der Waals surface area contributed by atoms with E-state index in [4.69, 9.17) is 11.6 Å². The first-order valence-electron chi connectivity index (χ1n) is 5.86. The van der Waals surface area contributed by atoms with Crippen LogP contribution in [0.1, 0.15) is 24.1 Å². The highest BCUT2D eigenvalue weighted by Crippen LogP contribution is 2.32. The van der Waals surface area contributed by atoms with Gasteiger partial charge >= 0.3 is 6.18 Å². The molecule has 0 fully saturated rings. The van der Waals surface area contributed by atoms with Gasteiger partial charge in [0, 0.05) is 11.1 Å². The van der Waals surface area contributed by atoms with Gasteiger partial charge in [-0.25, -0.2) is 4.98 Å². The zero-order chi connectivity index (χ0) is 15.6. The van der Waals surface area contributed by atoms with Crippen LogP contribution in [0, 0.1) is 0 Å². The summed E-state index contributed by atoms with van der Waals surface area (Å²) in [7, 11) is 0. The fourth-order valence-electron chi connectivity index (χ4n) is 1.57. The number of carbonyl (C=O) groups is 1. The van der Waals surface area contributed by atoms with E-state index in [2.05, 4.69) is 10.3 Å². The van der Waals surface area contributed by atoms with Crippen LogP contribution in [0.25, 0.3) is 0 Å². The van der Waals surface area contributed by atoms with Gasteiger partial charge in [0.2, 0.25) is 5.24 Å². The standard InChI is InChI=1S/C13H10ClF3N2OS/c1-7(11(14)20)8-2-4-9(5-3-8)18-12-19-10(6-21-12)13(15,16)17/h2-7H,1H3,(H,18,19)/t7-/m1/s1. The first-order valence-corrected chi connectivity index (χ1v) is 7.12. The average molecular weight is 335 g/mol. The highest BCUT2D eigenvalue weighted by molar-refractivity contribution is 7.13. The Morgan fingerprint density at radius 2 is 1.95 bits per heavy atom. The number of benzene rings is 1. The lowest BCUT2D eigenvalue weighted by atomic mass is 10.0. The summed E-state index contributed by atoms with van der Waals surface area (Å²) in [5, 5.41) is 3.41. The highest BCUT2D eigenvalue weighted by atomic mass is 35.5. The van der Waals surface area contributed by atoms with Crippen molar-refractivity contribution in [3.63, 3.8) is 0 Å². The molecule has 1 aromatic heterocycles. The van der Waals surface area contributed by atoms with Crippen molar-refractivity contribution in [2.45, 2.75) is 19.0 Å². The Labute approximate surface area is 127 Å². The minimum absolute atomic E-state index is 0.150. The van der Waals surface area contributed by atoms with E-state index in [0.29, 0.717) is 5.69 Å². The number of carbonyl (C=O) groups excluding carboxylic acids is 1. The third-order valence-corrected chi connectivity index (χ3v) is 3.88. The lowest BCUT2D eigenvalue weighted by Crippen LogP contribution is -2.05. The predicted molar refractivity (Wildman–Crippen MR) is 76.1 cm³/mol. The molecule has 0 saturated heterocycles. The van der Waals surface area contributed by atoms with Gasteiger partial charge in [0.1, 0.15) is 0 Å². The summed E-state index contributed by atoms with van der Waals surface area (Å²) in [5.74, 6) is -0.433. The molecule has 0 radical (unpaired) electrons. The van der Waals surface area contributed by atoms with Crippen molar-refractivity contribution < 1.29 is 18.0 Å². The van der Waals surface area contributed by atoms with E-state index in [0.717, 1.165) is 22.3 Å². The number of hydrogen-bond donors (Lipinski definition) is 1. The quantitative estimate of drug-likeness (QED) is 0.818. The molecule has 0 spiro atoms. The molecule has 0 aliphatic heterocycles. The number of halogens is 4. The number of hydrogen-bond acceptors (Lipinski definition) is 4. The minimum atomic E-state index is -4.45.